The zero-order valence-electron chi connectivity index (χ0n) is 17.1. The molecule has 0 spiro atoms. The lowest BCUT2D eigenvalue weighted by molar-refractivity contribution is 0.162. The second-order valence-corrected chi connectivity index (χ2v) is 10.4. The summed E-state index contributed by atoms with van der Waals surface area (Å²) in [5, 5.41) is 12.1. The molecule has 2 aliphatic heterocycles. The molecule has 1 aromatic heterocycles. The van der Waals surface area contributed by atoms with Crippen LogP contribution < -0.4 is 10.8 Å². The molecular weight excluding hydrogens is 344 g/mol. The highest BCUT2D eigenvalue weighted by Crippen LogP contribution is 2.30. The van der Waals surface area contributed by atoms with Gasteiger partial charge in [-0.15, -0.1) is 0 Å². The first kappa shape index (κ1) is 19.6. The van der Waals surface area contributed by atoms with Gasteiger partial charge in [0, 0.05) is 42.1 Å². The molecule has 0 saturated carbocycles. The number of aromatic nitrogens is 1. The molecule has 0 aromatic carbocycles. The summed E-state index contributed by atoms with van der Waals surface area (Å²) in [7, 11) is 2.17. The Kier molecular flexibility index (Phi) is 5.34. The molecule has 2 N–H and O–H groups in total. The lowest BCUT2D eigenvalue weighted by atomic mass is 9.80. The Balaban J connectivity index is 1.96. The van der Waals surface area contributed by atoms with Crippen molar-refractivity contribution in [3.05, 3.63) is 16.4 Å². The third kappa shape index (κ3) is 4.56. The summed E-state index contributed by atoms with van der Waals surface area (Å²) in [5.74, 6) is 0.972. The van der Waals surface area contributed by atoms with Crippen LogP contribution in [0.3, 0.4) is 0 Å². The molecule has 146 valence electrons. The fourth-order valence-corrected chi connectivity index (χ4v) is 5.26. The summed E-state index contributed by atoms with van der Waals surface area (Å²) in [6.07, 6.45) is 2.04. The Bertz CT molecular complexity index is 705. The van der Waals surface area contributed by atoms with Crippen molar-refractivity contribution in [2.75, 3.05) is 33.2 Å². The van der Waals surface area contributed by atoms with Crippen LogP contribution in [0.1, 0.15) is 45.4 Å². The molecular formula is C19H34N6S. The summed E-state index contributed by atoms with van der Waals surface area (Å²) < 4.78 is 2.02. The topological polar surface area (TPSA) is 59.7 Å². The normalized spacial score (nSPS) is 24.8. The van der Waals surface area contributed by atoms with Gasteiger partial charge in [0.15, 0.2) is 0 Å². The Morgan fingerprint density at radius 2 is 1.73 bits per heavy atom. The highest BCUT2D eigenvalue weighted by atomic mass is 32.1. The van der Waals surface area contributed by atoms with Gasteiger partial charge in [-0.2, -0.15) is 0 Å². The van der Waals surface area contributed by atoms with E-state index in [9.17, 15) is 0 Å². The molecule has 3 rings (SSSR count). The first-order valence-corrected chi connectivity index (χ1v) is 10.4. The van der Waals surface area contributed by atoms with Crippen LogP contribution in [0.25, 0.3) is 0 Å². The predicted octanol–water partition coefficient (Wildman–Crippen LogP) is 2.10. The van der Waals surface area contributed by atoms with Crippen molar-refractivity contribution in [2.45, 2.75) is 64.6 Å². The fraction of sp³-hybridized carbons (Fsp3) is 0.789. The first-order chi connectivity index (χ1) is 12.0. The summed E-state index contributed by atoms with van der Waals surface area (Å²) >= 11 is 1.63. The largest absolute Gasteiger partial charge is 0.339 e. The molecule has 2 fully saturated rings. The smallest absolute Gasteiger partial charge is 0.216 e. The van der Waals surface area contributed by atoms with Crippen molar-refractivity contribution in [1.82, 2.24) is 19.1 Å². The number of piperidine rings is 1. The summed E-state index contributed by atoms with van der Waals surface area (Å²) in [4.78, 5) is 11.1. The van der Waals surface area contributed by atoms with Crippen molar-refractivity contribution in [2.24, 2.45) is 4.99 Å². The number of nitrogens with zero attached hydrogens (tertiary/aromatic N) is 4. The van der Waals surface area contributed by atoms with Gasteiger partial charge < -0.3 is 15.1 Å². The van der Waals surface area contributed by atoms with Crippen molar-refractivity contribution >= 4 is 17.5 Å². The predicted molar refractivity (Wildman–Crippen MR) is 109 cm³/mol. The van der Waals surface area contributed by atoms with Gasteiger partial charge in [-0.25, -0.2) is 8.95 Å². The minimum absolute atomic E-state index is 0.0724. The number of aryl methyl sites for hydroxylation is 1. The van der Waals surface area contributed by atoms with Crippen LogP contribution in [0.5, 0.6) is 0 Å². The number of hydrogen-bond donors (Lipinski definition) is 2. The van der Waals surface area contributed by atoms with Gasteiger partial charge in [0.1, 0.15) is 5.49 Å². The Morgan fingerprint density at radius 1 is 1.15 bits per heavy atom. The van der Waals surface area contributed by atoms with E-state index in [1.54, 1.807) is 11.5 Å². The van der Waals surface area contributed by atoms with E-state index in [1.807, 2.05) is 10.0 Å². The molecule has 3 heterocycles. The molecule has 2 aliphatic rings. The van der Waals surface area contributed by atoms with Crippen LogP contribution in [0.15, 0.2) is 11.1 Å². The van der Waals surface area contributed by atoms with E-state index < -0.39 is 0 Å². The highest BCUT2D eigenvalue weighted by Gasteiger charge is 2.38. The average Bonchev–Trinajstić information content (AvgIpc) is 2.81. The number of likely N-dealkylation sites (N-methyl/N-ethyl adjacent to an activating group) is 1. The molecule has 26 heavy (non-hydrogen) atoms. The maximum atomic E-state index is 8.40. The van der Waals surface area contributed by atoms with Gasteiger partial charge in [0.05, 0.1) is 6.04 Å². The van der Waals surface area contributed by atoms with Crippen LogP contribution in [0.4, 0.5) is 0 Å². The molecule has 0 radical (unpaired) electrons. The number of hydrogen-bond acceptors (Lipinski definition) is 5. The SMILES string of the molecule is Cc1cc(=N)n(C(=NC2CC(C)(C)NC(C)(C)C2)N2CCN(C)CC2)s1. The maximum absolute atomic E-state index is 8.40. The van der Waals surface area contributed by atoms with Crippen LogP contribution >= 0.6 is 11.5 Å². The second kappa shape index (κ2) is 7.09. The van der Waals surface area contributed by atoms with Gasteiger partial charge >= 0.3 is 0 Å². The minimum Gasteiger partial charge on any atom is -0.339 e. The van der Waals surface area contributed by atoms with E-state index in [4.69, 9.17) is 10.4 Å². The van der Waals surface area contributed by atoms with Crippen LogP contribution in [0.2, 0.25) is 0 Å². The minimum atomic E-state index is 0.0724. The van der Waals surface area contributed by atoms with Crippen molar-refractivity contribution in [3.63, 3.8) is 0 Å². The summed E-state index contributed by atoms with van der Waals surface area (Å²) in [5.41, 5.74) is 0.684. The number of aliphatic imine (C=N–C) groups is 1. The molecule has 0 atom stereocenters. The van der Waals surface area contributed by atoms with Crippen molar-refractivity contribution in [3.8, 4) is 0 Å². The molecule has 0 amide bonds. The lowest BCUT2D eigenvalue weighted by Gasteiger charge is -2.45. The number of piperazine rings is 1. The molecule has 0 unspecified atom stereocenters. The van der Waals surface area contributed by atoms with E-state index in [0.717, 1.165) is 49.9 Å². The number of nitrogens with one attached hydrogen (secondary N) is 2. The van der Waals surface area contributed by atoms with Gasteiger partial charge in [0.25, 0.3) is 0 Å². The van der Waals surface area contributed by atoms with Gasteiger partial charge in [-0.05, 0) is 60.6 Å². The van der Waals surface area contributed by atoms with Crippen LogP contribution in [0, 0.1) is 12.3 Å². The fourth-order valence-electron chi connectivity index (χ4n) is 4.41. The third-order valence-electron chi connectivity index (χ3n) is 5.23. The number of rotatable bonds is 1. The molecule has 2 saturated heterocycles. The third-order valence-corrected chi connectivity index (χ3v) is 6.18. The van der Waals surface area contributed by atoms with Crippen LogP contribution in [-0.2, 0) is 0 Å². The van der Waals surface area contributed by atoms with E-state index >= 15 is 0 Å². The Labute approximate surface area is 161 Å². The Morgan fingerprint density at radius 3 is 2.23 bits per heavy atom. The van der Waals surface area contributed by atoms with Gasteiger partial charge in [-0.3, -0.25) is 5.41 Å². The second-order valence-electron chi connectivity index (χ2n) is 9.20. The maximum Gasteiger partial charge on any atom is 0.216 e. The van der Waals surface area contributed by atoms with Crippen molar-refractivity contribution in [1.29, 1.82) is 5.41 Å². The standard InChI is InChI=1S/C19H34N6S/c1-14-11-16(20)25(26-14)17(24-9-7-23(6)8-10-24)21-15-12-18(2,3)22-19(4,5)13-15/h11,15,20,22H,7-10,12-13H2,1-6H3. The molecule has 0 bridgehead atoms. The molecule has 0 aliphatic carbocycles. The zero-order chi connectivity index (χ0) is 19.1. The van der Waals surface area contributed by atoms with E-state index in [1.165, 1.54) is 0 Å². The molecule has 6 nitrogen and oxygen atoms in total. The summed E-state index contributed by atoms with van der Waals surface area (Å²) in [6.45, 7) is 15.2. The lowest BCUT2D eigenvalue weighted by Crippen LogP contribution is -2.59. The van der Waals surface area contributed by atoms with E-state index in [0.29, 0.717) is 5.49 Å². The van der Waals surface area contributed by atoms with Crippen LogP contribution in [-0.4, -0.2) is 70.1 Å². The average molecular weight is 379 g/mol. The Hall–Kier alpha value is -1.18. The van der Waals surface area contributed by atoms with E-state index in [2.05, 4.69) is 56.8 Å². The molecule has 7 heteroatoms. The highest BCUT2D eigenvalue weighted by molar-refractivity contribution is 7.07. The van der Waals surface area contributed by atoms with Gasteiger partial charge in [-0.1, -0.05) is 11.5 Å². The first-order valence-electron chi connectivity index (χ1n) is 9.60. The summed E-state index contributed by atoms with van der Waals surface area (Å²) in [6, 6.07) is 2.21. The zero-order valence-corrected chi connectivity index (χ0v) is 17.9. The van der Waals surface area contributed by atoms with E-state index in [-0.39, 0.29) is 17.1 Å². The quantitative estimate of drug-likeness (QED) is 0.581. The van der Waals surface area contributed by atoms with Gasteiger partial charge in [0.2, 0.25) is 5.96 Å². The monoisotopic (exact) mass is 378 g/mol. The molecule has 1 aromatic rings. The van der Waals surface area contributed by atoms with Crippen molar-refractivity contribution < 1.29 is 0 Å².